The molecule has 3 aromatic rings. The van der Waals surface area contributed by atoms with E-state index in [1.54, 1.807) is 0 Å². The van der Waals surface area contributed by atoms with E-state index in [0.717, 1.165) is 24.3 Å². The Morgan fingerprint density at radius 3 is 2.42 bits per heavy atom. The molecule has 0 saturated carbocycles. The fraction of sp³-hybridized carbons (Fsp3) is 0.238. The van der Waals surface area contributed by atoms with Crippen LogP contribution in [0.25, 0.3) is 11.3 Å². The van der Waals surface area contributed by atoms with Gasteiger partial charge in [-0.15, -0.1) is 13.2 Å². The fourth-order valence-corrected chi connectivity index (χ4v) is 2.74. The SMILES string of the molecule is CN(C)CCNc1nc(Nc2ccc(F)c(F)c2F)cc(-c2cccc(OC(F)(F)F)c2)n1. The summed E-state index contributed by atoms with van der Waals surface area (Å²) in [6, 6.07) is 8.16. The highest BCUT2D eigenvalue weighted by Gasteiger charge is 2.31. The second-order valence-corrected chi connectivity index (χ2v) is 7.12. The van der Waals surface area contributed by atoms with E-state index in [4.69, 9.17) is 0 Å². The largest absolute Gasteiger partial charge is 0.573 e. The lowest BCUT2D eigenvalue weighted by molar-refractivity contribution is -0.274. The molecule has 0 aliphatic rings. The second kappa shape index (κ2) is 9.94. The van der Waals surface area contributed by atoms with Crippen molar-refractivity contribution in [2.75, 3.05) is 37.8 Å². The first kappa shape index (κ1) is 24.1. The van der Waals surface area contributed by atoms with Gasteiger partial charge in [-0.3, -0.25) is 0 Å². The summed E-state index contributed by atoms with van der Waals surface area (Å²) < 4.78 is 82.6. The van der Waals surface area contributed by atoms with E-state index in [9.17, 15) is 26.3 Å². The zero-order valence-electron chi connectivity index (χ0n) is 17.5. The molecule has 176 valence electrons. The van der Waals surface area contributed by atoms with Crippen LogP contribution < -0.4 is 15.4 Å². The number of likely N-dealkylation sites (N-methyl/N-ethyl adjacent to an activating group) is 1. The van der Waals surface area contributed by atoms with E-state index in [0.29, 0.717) is 13.1 Å². The zero-order valence-corrected chi connectivity index (χ0v) is 17.5. The molecular formula is C21H19F6N5O. The fourth-order valence-electron chi connectivity index (χ4n) is 2.74. The standard InChI is InChI=1S/C21H19F6N5O/c1-32(2)9-8-28-20-30-16(12-4-3-5-13(10-12)33-21(25,26)27)11-17(31-20)29-15-7-6-14(22)18(23)19(15)24/h3-7,10-11H,8-9H2,1-2H3,(H2,28,29,30,31). The van der Waals surface area contributed by atoms with Crippen molar-refractivity contribution in [3.63, 3.8) is 0 Å². The lowest BCUT2D eigenvalue weighted by Gasteiger charge is -2.14. The van der Waals surface area contributed by atoms with Crippen LogP contribution in [-0.4, -0.2) is 48.4 Å². The number of benzene rings is 2. The van der Waals surface area contributed by atoms with E-state index in [-0.39, 0.29) is 28.7 Å². The number of nitrogens with zero attached hydrogens (tertiary/aromatic N) is 3. The molecular weight excluding hydrogens is 452 g/mol. The molecule has 2 N–H and O–H groups in total. The number of hydrogen-bond donors (Lipinski definition) is 2. The van der Waals surface area contributed by atoms with Gasteiger partial charge in [0.15, 0.2) is 17.5 Å². The highest BCUT2D eigenvalue weighted by molar-refractivity contribution is 5.68. The van der Waals surface area contributed by atoms with Gasteiger partial charge < -0.3 is 20.3 Å². The van der Waals surface area contributed by atoms with Gasteiger partial charge in [0.25, 0.3) is 0 Å². The van der Waals surface area contributed by atoms with Gasteiger partial charge in [-0.1, -0.05) is 12.1 Å². The number of rotatable bonds is 8. The Kier molecular flexibility index (Phi) is 7.26. The highest BCUT2D eigenvalue weighted by atomic mass is 19.4. The highest BCUT2D eigenvalue weighted by Crippen LogP contribution is 2.30. The summed E-state index contributed by atoms with van der Waals surface area (Å²) >= 11 is 0. The molecule has 3 rings (SSSR count). The molecule has 12 heteroatoms. The van der Waals surface area contributed by atoms with Crippen LogP contribution >= 0.6 is 0 Å². The monoisotopic (exact) mass is 471 g/mol. The Morgan fingerprint density at radius 1 is 0.970 bits per heavy atom. The third-order valence-electron chi connectivity index (χ3n) is 4.23. The predicted octanol–water partition coefficient (Wildman–Crippen LogP) is 5.18. The first-order chi connectivity index (χ1) is 15.5. The molecule has 1 heterocycles. The van der Waals surface area contributed by atoms with E-state index in [1.807, 2.05) is 19.0 Å². The van der Waals surface area contributed by atoms with Gasteiger partial charge in [-0.25, -0.2) is 18.2 Å². The Hall–Kier alpha value is -3.54. The molecule has 2 aromatic carbocycles. The normalized spacial score (nSPS) is 11.5. The molecule has 0 spiro atoms. The minimum Gasteiger partial charge on any atom is -0.406 e. The first-order valence-corrected chi connectivity index (χ1v) is 9.56. The predicted molar refractivity (Wildman–Crippen MR) is 111 cm³/mol. The van der Waals surface area contributed by atoms with Gasteiger partial charge in [0.2, 0.25) is 5.95 Å². The Balaban J connectivity index is 1.98. The molecule has 0 unspecified atom stereocenters. The van der Waals surface area contributed by atoms with Crippen molar-refractivity contribution in [3.05, 3.63) is 59.9 Å². The van der Waals surface area contributed by atoms with E-state index in [2.05, 4.69) is 25.3 Å². The molecule has 0 bridgehead atoms. The minimum atomic E-state index is -4.87. The Bertz CT molecular complexity index is 1120. The smallest absolute Gasteiger partial charge is 0.406 e. The van der Waals surface area contributed by atoms with Crippen LogP contribution in [-0.2, 0) is 0 Å². The summed E-state index contributed by atoms with van der Waals surface area (Å²) in [4.78, 5) is 10.4. The Labute approximate surface area is 185 Å². The molecule has 0 saturated heterocycles. The number of halogens is 6. The molecule has 0 aliphatic carbocycles. The van der Waals surface area contributed by atoms with Gasteiger partial charge in [-0.05, 0) is 38.4 Å². The molecule has 1 aromatic heterocycles. The summed E-state index contributed by atoms with van der Waals surface area (Å²) in [5.41, 5.74) is 0.0473. The molecule has 0 aliphatic heterocycles. The number of alkyl halides is 3. The molecule has 0 atom stereocenters. The number of aromatic nitrogens is 2. The maximum Gasteiger partial charge on any atom is 0.573 e. The summed E-state index contributed by atoms with van der Waals surface area (Å²) in [6.45, 7) is 1.04. The topological polar surface area (TPSA) is 62.3 Å². The van der Waals surface area contributed by atoms with Crippen LogP contribution in [0.1, 0.15) is 0 Å². The molecule has 33 heavy (non-hydrogen) atoms. The molecule has 0 radical (unpaired) electrons. The summed E-state index contributed by atoms with van der Waals surface area (Å²) in [5, 5.41) is 5.51. The summed E-state index contributed by atoms with van der Waals surface area (Å²) in [5.74, 6) is -4.83. The maximum absolute atomic E-state index is 14.1. The molecule has 0 amide bonds. The lowest BCUT2D eigenvalue weighted by atomic mass is 10.1. The van der Waals surface area contributed by atoms with Crippen LogP contribution in [0, 0.1) is 17.5 Å². The van der Waals surface area contributed by atoms with Gasteiger partial charge >= 0.3 is 6.36 Å². The number of nitrogens with one attached hydrogen (secondary N) is 2. The summed E-state index contributed by atoms with van der Waals surface area (Å²) in [6.07, 6.45) is -4.87. The van der Waals surface area contributed by atoms with Crippen LogP contribution in [0.3, 0.4) is 0 Å². The quantitative estimate of drug-likeness (QED) is 0.349. The van der Waals surface area contributed by atoms with Crippen molar-refractivity contribution in [3.8, 4) is 17.0 Å². The zero-order chi connectivity index (χ0) is 24.2. The molecule has 6 nitrogen and oxygen atoms in total. The van der Waals surface area contributed by atoms with Crippen LogP contribution in [0.2, 0.25) is 0 Å². The first-order valence-electron chi connectivity index (χ1n) is 9.56. The number of anilines is 3. The number of ether oxygens (including phenoxy) is 1. The summed E-state index contributed by atoms with van der Waals surface area (Å²) in [7, 11) is 3.70. The van der Waals surface area contributed by atoms with Gasteiger partial charge in [0, 0.05) is 24.7 Å². The third kappa shape index (κ3) is 6.72. The van der Waals surface area contributed by atoms with Crippen LogP contribution in [0.4, 0.5) is 43.8 Å². The van der Waals surface area contributed by atoms with E-state index >= 15 is 0 Å². The second-order valence-electron chi connectivity index (χ2n) is 7.12. The maximum atomic E-state index is 14.1. The third-order valence-corrected chi connectivity index (χ3v) is 4.23. The van der Waals surface area contributed by atoms with Crippen molar-refractivity contribution in [1.82, 2.24) is 14.9 Å². The van der Waals surface area contributed by atoms with Crippen molar-refractivity contribution in [2.45, 2.75) is 6.36 Å². The Morgan fingerprint density at radius 2 is 1.73 bits per heavy atom. The average Bonchev–Trinajstić information content (AvgIpc) is 2.73. The lowest BCUT2D eigenvalue weighted by Crippen LogP contribution is -2.21. The van der Waals surface area contributed by atoms with E-state index in [1.165, 1.54) is 18.2 Å². The van der Waals surface area contributed by atoms with Crippen molar-refractivity contribution in [1.29, 1.82) is 0 Å². The van der Waals surface area contributed by atoms with Gasteiger partial charge in [-0.2, -0.15) is 4.98 Å². The van der Waals surface area contributed by atoms with Gasteiger partial charge in [0.1, 0.15) is 11.6 Å². The van der Waals surface area contributed by atoms with Crippen molar-refractivity contribution in [2.24, 2.45) is 0 Å². The van der Waals surface area contributed by atoms with Crippen molar-refractivity contribution < 1.29 is 31.1 Å². The van der Waals surface area contributed by atoms with Crippen molar-refractivity contribution >= 4 is 17.5 Å². The number of hydrogen-bond acceptors (Lipinski definition) is 6. The van der Waals surface area contributed by atoms with Gasteiger partial charge in [0.05, 0.1) is 11.4 Å². The van der Waals surface area contributed by atoms with Crippen LogP contribution in [0.15, 0.2) is 42.5 Å². The van der Waals surface area contributed by atoms with Crippen LogP contribution in [0.5, 0.6) is 5.75 Å². The molecule has 0 fully saturated rings. The average molecular weight is 471 g/mol. The van der Waals surface area contributed by atoms with E-state index < -0.39 is 29.6 Å². The minimum absolute atomic E-state index is 0.000552.